The quantitative estimate of drug-likeness (QED) is 0.616. The second-order valence-electron chi connectivity index (χ2n) is 7.43. The molecule has 0 aromatic heterocycles. The molecule has 3 rings (SSSR count). The van der Waals surface area contributed by atoms with Crippen molar-refractivity contribution in [1.82, 2.24) is 8.61 Å². The van der Waals surface area contributed by atoms with Crippen LogP contribution in [0.25, 0.3) is 0 Å². The first-order valence-corrected chi connectivity index (χ1v) is 12.7. The summed E-state index contributed by atoms with van der Waals surface area (Å²) in [6, 6.07) is 10.9. The number of benzene rings is 2. The second kappa shape index (κ2) is 9.53. The lowest BCUT2D eigenvalue weighted by atomic mass is 10.3. The summed E-state index contributed by atoms with van der Waals surface area (Å²) in [5.74, 6) is -1.50. The third kappa shape index (κ3) is 5.09. The minimum atomic E-state index is -4.16. The maximum absolute atomic E-state index is 14.3. The Morgan fingerprint density at radius 2 is 1.59 bits per heavy atom. The van der Waals surface area contributed by atoms with E-state index >= 15 is 0 Å². The predicted octanol–water partition coefficient (Wildman–Crippen LogP) is 1.86. The van der Waals surface area contributed by atoms with Crippen molar-refractivity contribution in [2.45, 2.75) is 17.7 Å². The molecule has 2 aromatic carbocycles. The predicted molar refractivity (Wildman–Crippen MR) is 119 cm³/mol. The molecule has 12 heteroatoms. The molecule has 0 bridgehead atoms. The van der Waals surface area contributed by atoms with Gasteiger partial charge in [0.1, 0.15) is 12.4 Å². The molecule has 0 spiro atoms. The number of hydrogen-bond donors (Lipinski definition) is 1. The smallest absolute Gasteiger partial charge is 0.304 e. The van der Waals surface area contributed by atoms with Crippen LogP contribution in [-0.4, -0.2) is 65.1 Å². The van der Waals surface area contributed by atoms with Crippen molar-refractivity contribution in [3.05, 3.63) is 54.3 Å². The summed E-state index contributed by atoms with van der Waals surface area (Å²) in [6.45, 7) is 0.287. The van der Waals surface area contributed by atoms with Gasteiger partial charge in [-0.15, -0.1) is 0 Å². The third-order valence-corrected chi connectivity index (χ3v) is 8.71. The zero-order valence-corrected chi connectivity index (χ0v) is 19.4. The van der Waals surface area contributed by atoms with Crippen LogP contribution in [-0.2, 0) is 25.0 Å². The highest BCUT2D eigenvalue weighted by Gasteiger charge is 2.30. The molecule has 0 atom stereocenters. The van der Waals surface area contributed by atoms with Crippen molar-refractivity contribution in [3.63, 3.8) is 0 Å². The van der Waals surface area contributed by atoms with E-state index in [2.05, 4.69) is 5.32 Å². The number of hydrogen-bond acceptors (Lipinski definition) is 5. The first kappa shape index (κ1) is 24.1. The minimum Gasteiger partial charge on any atom is -0.325 e. The van der Waals surface area contributed by atoms with Gasteiger partial charge in [0, 0.05) is 32.9 Å². The lowest BCUT2D eigenvalue weighted by molar-refractivity contribution is -0.114. The second-order valence-corrected chi connectivity index (χ2v) is 11.4. The molecule has 1 amide bonds. The first-order valence-electron chi connectivity index (χ1n) is 9.88. The average Bonchev–Trinajstić information content (AvgIpc) is 3.29. The standard InChI is InChI=1S/C20H25FN4O5S2/c1-23(2)32(29,30)25(19-8-4-3-7-18(19)21)15-20(26)22-16-9-11-17(12-10-16)31(27,28)24-13-5-6-14-24/h3-4,7-12H,5-6,13-15H2,1-2H3,(H,22,26). The summed E-state index contributed by atoms with van der Waals surface area (Å²) >= 11 is 0. The molecule has 0 radical (unpaired) electrons. The average molecular weight is 485 g/mol. The molecule has 174 valence electrons. The number of anilines is 2. The van der Waals surface area contributed by atoms with E-state index in [-0.39, 0.29) is 16.3 Å². The lowest BCUT2D eigenvalue weighted by Crippen LogP contribution is -2.44. The van der Waals surface area contributed by atoms with Crippen molar-refractivity contribution in [2.75, 3.05) is 43.4 Å². The molecule has 0 aliphatic carbocycles. The molecular formula is C20H25FN4O5S2. The zero-order valence-electron chi connectivity index (χ0n) is 17.7. The van der Waals surface area contributed by atoms with Crippen molar-refractivity contribution in [3.8, 4) is 0 Å². The molecule has 32 heavy (non-hydrogen) atoms. The van der Waals surface area contributed by atoms with Crippen molar-refractivity contribution in [1.29, 1.82) is 0 Å². The number of amides is 1. The fraction of sp³-hybridized carbons (Fsp3) is 0.350. The van der Waals surface area contributed by atoms with E-state index in [1.54, 1.807) is 0 Å². The molecule has 1 heterocycles. The van der Waals surface area contributed by atoms with Crippen LogP contribution in [0.5, 0.6) is 0 Å². The number of rotatable bonds is 8. The van der Waals surface area contributed by atoms with E-state index in [1.165, 1.54) is 60.9 Å². The van der Waals surface area contributed by atoms with Gasteiger partial charge in [0.25, 0.3) is 0 Å². The maximum atomic E-state index is 14.3. The van der Waals surface area contributed by atoms with E-state index in [1.807, 2.05) is 0 Å². The van der Waals surface area contributed by atoms with E-state index in [0.717, 1.165) is 23.2 Å². The van der Waals surface area contributed by atoms with Gasteiger partial charge >= 0.3 is 10.2 Å². The highest BCUT2D eigenvalue weighted by atomic mass is 32.2. The fourth-order valence-corrected chi connectivity index (χ4v) is 5.85. The Balaban J connectivity index is 1.77. The van der Waals surface area contributed by atoms with Gasteiger partial charge in [-0.2, -0.15) is 17.0 Å². The highest BCUT2D eigenvalue weighted by Crippen LogP contribution is 2.24. The molecule has 2 aromatic rings. The number of carbonyl (C=O) groups is 1. The topological polar surface area (TPSA) is 107 Å². The Hall–Kier alpha value is -2.54. The Labute approximate surface area is 187 Å². The van der Waals surface area contributed by atoms with Crippen molar-refractivity contribution >= 4 is 37.5 Å². The van der Waals surface area contributed by atoms with E-state index in [9.17, 15) is 26.0 Å². The lowest BCUT2D eigenvalue weighted by Gasteiger charge is -2.27. The van der Waals surface area contributed by atoms with Crippen LogP contribution < -0.4 is 9.62 Å². The van der Waals surface area contributed by atoms with Gasteiger partial charge < -0.3 is 5.32 Å². The maximum Gasteiger partial charge on any atom is 0.304 e. The zero-order chi connectivity index (χ0) is 23.5. The number of carbonyl (C=O) groups excluding carboxylic acids is 1. The van der Waals surface area contributed by atoms with Crippen LogP contribution >= 0.6 is 0 Å². The third-order valence-electron chi connectivity index (χ3n) is 4.99. The van der Waals surface area contributed by atoms with Gasteiger partial charge in [0.05, 0.1) is 10.6 Å². The number of sulfonamides is 1. The first-order chi connectivity index (χ1) is 15.0. The number of halogens is 1. The summed E-state index contributed by atoms with van der Waals surface area (Å²) in [6.07, 6.45) is 1.64. The molecule has 1 aliphatic rings. The summed E-state index contributed by atoms with van der Waals surface area (Å²) in [7, 11) is -5.19. The van der Waals surface area contributed by atoms with Crippen molar-refractivity contribution in [2.24, 2.45) is 0 Å². The SMILES string of the molecule is CN(C)S(=O)(=O)N(CC(=O)Nc1ccc(S(=O)(=O)N2CCCC2)cc1)c1ccccc1F. The molecule has 9 nitrogen and oxygen atoms in total. The Bertz CT molecular complexity index is 1180. The summed E-state index contributed by atoms with van der Waals surface area (Å²) < 4.78 is 67.8. The molecule has 1 saturated heterocycles. The van der Waals surface area contributed by atoms with Gasteiger partial charge in [0.15, 0.2) is 0 Å². The molecule has 1 aliphatic heterocycles. The van der Waals surface area contributed by atoms with Crippen LogP contribution in [0.1, 0.15) is 12.8 Å². The molecular weight excluding hydrogens is 459 g/mol. The van der Waals surface area contributed by atoms with Crippen molar-refractivity contribution < 1.29 is 26.0 Å². The number of nitrogens with one attached hydrogen (secondary N) is 1. The van der Waals surface area contributed by atoms with Gasteiger partial charge in [-0.25, -0.2) is 17.1 Å². The van der Waals surface area contributed by atoms with Gasteiger partial charge in [-0.05, 0) is 49.2 Å². The monoisotopic (exact) mass is 484 g/mol. The van der Waals surface area contributed by atoms with E-state index in [4.69, 9.17) is 0 Å². The Morgan fingerprint density at radius 3 is 2.16 bits per heavy atom. The van der Waals surface area contributed by atoms with Gasteiger partial charge in [-0.1, -0.05) is 12.1 Å². The molecule has 0 unspecified atom stereocenters. The fourth-order valence-electron chi connectivity index (χ4n) is 3.26. The van der Waals surface area contributed by atoms with Gasteiger partial charge in [-0.3, -0.25) is 4.79 Å². The number of nitrogens with zero attached hydrogens (tertiary/aromatic N) is 3. The molecule has 1 fully saturated rings. The molecule has 1 N–H and O–H groups in total. The van der Waals surface area contributed by atoms with Crippen LogP contribution in [0.2, 0.25) is 0 Å². The van der Waals surface area contributed by atoms with Crippen LogP contribution in [0.4, 0.5) is 15.8 Å². The Kier molecular flexibility index (Phi) is 7.18. The van der Waals surface area contributed by atoms with Gasteiger partial charge in [0.2, 0.25) is 15.9 Å². The van der Waals surface area contributed by atoms with Crippen LogP contribution in [0, 0.1) is 5.82 Å². The van der Waals surface area contributed by atoms with E-state index in [0.29, 0.717) is 17.4 Å². The Morgan fingerprint density at radius 1 is 1.00 bits per heavy atom. The van der Waals surface area contributed by atoms with Crippen LogP contribution in [0.15, 0.2) is 53.4 Å². The van der Waals surface area contributed by atoms with E-state index < -0.39 is 38.5 Å². The minimum absolute atomic E-state index is 0.112. The molecule has 0 saturated carbocycles. The normalized spacial score (nSPS) is 15.1. The number of para-hydroxylation sites is 1. The summed E-state index contributed by atoms with van der Waals surface area (Å²) in [5.41, 5.74) is 0.0227. The summed E-state index contributed by atoms with van der Waals surface area (Å²) in [4.78, 5) is 12.7. The van der Waals surface area contributed by atoms with Crippen LogP contribution in [0.3, 0.4) is 0 Å². The summed E-state index contributed by atoms with van der Waals surface area (Å²) in [5, 5.41) is 2.53. The highest BCUT2D eigenvalue weighted by molar-refractivity contribution is 7.90. The largest absolute Gasteiger partial charge is 0.325 e.